The van der Waals surface area contributed by atoms with Gasteiger partial charge in [0, 0.05) is 10.4 Å². The van der Waals surface area contributed by atoms with Crippen LogP contribution >= 0.6 is 27.5 Å². The number of anilines is 1. The number of Topliss-reactive ketones (excluding diaryl/α,β-unsaturated/α-hetero) is 2. The number of allylic oxidation sites excluding steroid dienone is 1. The first-order valence-corrected chi connectivity index (χ1v) is 9.85. The van der Waals surface area contributed by atoms with Crippen LogP contribution in [0.25, 0.3) is 0 Å². The van der Waals surface area contributed by atoms with Crippen molar-refractivity contribution in [3.63, 3.8) is 0 Å². The molecule has 30 heavy (non-hydrogen) atoms. The molecule has 2 rings (SSSR count). The summed E-state index contributed by atoms with van der Waals surface area (Å²) in [6.07, 6.45) is -0.125. The predicted molar refractivity (Wildman–Crippen MR) is 110 cm³/mol. The van der Waals surface area contributed by atoms with Crippen LogP contribution < -0.4 is 5.32 Å². The van der Waals surface area contributed by atoms with E-state index in [1.54, 1.807) is 24.3 Å². The summed E-state index contributed by atoms with van der Waals surface area (Å²) in [6.45, 7) is 6.13. The average molecular weight is 507 g/mol. The van der Waals surface area contributed by atoms with Crippen LogP contribution in [0.4, 0.5) is 23.2 Å². The van der Waals surface area contributed by atoms with Gasteiger partial charge in [0.1, 0.15) is 16.5 Å². The van der Waals surface area contributed by atoms with Crippen LogP contribution in [0.2, 0.25) is 5.02 Å². The van der Waals surface area contributed by atoms with E-state index in [0.29, 0.717) is 10.0 Å². The molecule has 0 amide bonds. The first-order valence-electron chi connectivity index (χ1n) is 8.68. The van der Waals surface area contributed by atoms with E-state index >= 15 is 0 Å². The first-order chi connectivity index (χ1) is 14.0. The van der Waals surface area contributed by atoms with Crippen molar-refractivity contribution in [1.82, 2.24) is 0 Å². The molecule has 0 bridgehead atoms. The lowest BCUT2D eigenvalue weighted by Crippen LogP contribution is -2.28. The van der Waals surface area contributed by atoms with E-state index in [1.165, 1.54) is 13.8 Å². The molecule has 0 aliphatic heterocycles. The van der Waals surface area contributed by atoms with Crippen LogP contribution in [0.15, 0.2) is 40.9 Å². The number of hydrogen-bond donors (Lipinski definition) is 1. The minimum atomic E-state index is -1.76. The highest BCUT2D eigenvalue weighted by molar-refractivity contribution is 9.10. The van der Waals surface area contributed by atoms with Gasteiger partial charge in [-0.25, -0.2) is 17.6 Å². The van der Waals surface area contributed by atoms with Crippen LogP contribution in [0.5, 0.6) is 0 Å². The number of carbonyl (C=O) groups excluding carboxylic acids is 2. The van der Waals surface area contributed by atoms with Gasteiger partial charge in [0.05, 0.1) is 6.04 Å². The van der Waals surface area contributed by atoms with Crippen LogP contribution in [-0.4, -0.2) is 11.6 Å². The molecular formula is C21H17BrClF4NO2. The molecule has 9 heteroatoms. The molecule has 0 saturated heterocycles. The topological polar surface area (TPSA) is 46.2 Å². The van der Waals surface area contributed by atoms with Gasteiger partial charge in [-0.1, -0.05) is 46.2 Å². The minimum absolute atomic E-state index is 0.119. The highest BCUT2D eigenvalue weighted by atomic mass is 79.9. The third-order valence-corrected chi connectivity index (χ3v) is 5.49. The molecule has 0 radical (unpaired) electrons. The van der Waals surface area contributed by atoms with Crippen molar-refractivity contribution in [2.75, 3.05) is 5.32 Å². The van der Waals surface area contributed by atoms with Crippen LogP contribution in [0.3, 0.4) is 0 Å². The molecule has 0 heterocycles. The number of rotatable bonds is 8. The summed E-state index contributed by atoms with van der Waals surface area (Å²) in [5, 5.41) is 1.09. The molecule has 0 unspecified atom stereocenters. The second-order valence-electron chi connectivity index (χ2n) is 6.70. The van der Waals surface area contributed by atoms with Crippen LogP contribution in [0, 0.1) is 29.2 Å². The summed E-state index contributed by atoms with van der Waals surface area (Å²) >= 11 is 8.54. The lowest BCUT2D eigenvalue weighted by atomic mass is 9.84. The Hall–Kier alpha value is -2.19. The van der Waals surface area contributed by atoms with Crippen molar-refractivity contribution in [2.24, 2.45) is 5.92 Å². The van der Waals surface area contributed by atoms with Crippen molar-refractivity contribution in [1.29, 1.82) is 0 Å². The molecule has 0 fully saturated rings. The van der Waals surface area contributed by atoms with Crippen LogP contribution in [-0.2, 0) is 9.59 Å². The predicted octanol–water partition coefficient (Wildman–Crippen LogP) is 6.55. The normalized spacial score (nSPS) is 12.9. The third kappa shape index (κ3) is 5.10. The Kier molecular flexibility index (Phi) is 7.82. The number of nitrogens with one attached hydrogen (secondary N) is 1. The fraction of sp³-hybridized carbons (Fsp3) is 0.238. The number of halogens is 6. The zero-order valence-corrected chi connectivity index (χ0v) is 18.3. The van der Waals surface area contributed by atoms with E-state index < -0.39 is 51.7 Å². The second kappa shape index (κ2) is 9.75. The number of carbonyl (C=O) groups is 2. The lowest BCUT2D eigenvalue weighted by Gasteiger charge is -2.28. The van der Waals surface area contributed by atoms with Crippen LogP contribution in [0.1, 0.15) is 31.9 Å². The van der Waals surface area contributed by atoms with Gasteiger partial charge in [-0.05, 0) is 43.5 Å². The SMILES string of the molecule is C=C(C[C@@H](C(C)=O)[C@H](Nc1c(F)c(F)c(Cl)c(F)c1F)c1ccc(Br)cc1)C(C)=O. The van der Waals surface area contributed by atoms with Gasteiger partial charge in [-0.15, -0.1) is 0 Å². The second-order valence-corrected chi connectivity index (χ2v) is 7.99. The van der Waals surface area contributed by atoms with Gasteiger partial charge in [0.25, 0.3) is 0 Å². The smallest absolute Gasteiger partial charge is 0.186 e. The summed E-state index contributed by atoms with van der Waals surface area (Å²) < 4.78 is 57.4. The van der Waals surface area contributed by atoms with Gasteiger partial charge in [0.2, 0.25) is 0 Å². The molecule has 2 atom stereocenters. The minimum Gasteiger partial charge on any atom is -0.373 e. The zero-order valence-electron chi connectivity index (χ0n) is 16.0. The number of benzene rings is 2. The third-order valence-electron chi connectivity index (χ3n) is 4.63. The Bertz CT molecular complexity index is 982. The van der Waals surface area contributed by atoms with Crippen molar-refractivity contribution in [3.05, 3.63) is 74.7 Å². The van der Waals surface area contributed by atoms with Crippen molar-refractivity contribution in [2.45, 2.75) is 26.3 Å². The van der Waals surface area contributed by atoms with Crippen molar-refractivity contribution in [3.8, 4) is 0 Å². The summed E-state index contributed by atoms with van der Waals surface area (Å²) in [6, 6.07) is 5.24. The molecule has 1 N–H and O–H groups in total. The largest absolute Gasteiger partial charge is 0.373 e. The lowest BCUT2D eigenvalue weighted by molar-refractivity contribution is -0.121. The first kappa shape index (κ1) is 24.1. The maximum absolute atomic E-state index is 14.4. The Morgan fingerprint density at radius 3 is 1.97 bits per heavy atom. The quantitative estimate of drug-likeness (QED) is 0.191. The standard InChI is InChI=1S/C21H17BrClF4NO2/c1-9(10(2)29)8-14(11(3)30)20(12-4-6-13(22)7-5-12)28-21-18(26)16(24)15(23)17(25)19(21)27/h4-7,14,20,28H,1,8H2,2-3H3/t14-,20+/m0/s1. The molecule has 0 aliphatic rings. The monoisotopic (exact) mass is 505 g/mol. The summed E-state index contributed by atoms with van der Waals surface area (Å²) in [4.78, 5) is 24.0. The highest BCUT2D eigenvalue weighted by Crippen LogP contribution is 2.37. The highest BCUT2D eigenvalue weighted by Gasteiger charge is 2.32. The molecule has 160 valence electrons. The van der Waals surface area contributed by atoms with Gasteiger partial charge in [-0.2, -0.15) is 0 Å². The van der Waals surface area contributed by atoms with Gasteiger partial charge in [-0.3, -0.25) is 9.59 Å². The number of ketones is 2. The fourth-order valence-corrected chi connectivity index (χ4v) is 3.31. The Balaban J connectivity index is 2.63. The van der Waals surface area contributed by atoms with E-state index in [0.717, 1.165) is 0 Å². The maximum atomic E-state index is 14.4. The Morgan fingerprint density at radius 1 is 1.03 bits per heavy atom. The number of hydrogen-bond acceptors (Lipinski definition) is 3. The molecule has 2 aromatic rings. The van der Waals surface area contributed by atoms with Crippen molar-refractivity contribution >= 4 is 44.8 Å². The van der Waals surface area contributed by atoms with E-state index in [-0.39, 0.29) is 17.8 Å². The van der Waals surface area contributed by atoms with Gasteiger partial charge in [0.15, 0.2) is 29.1 Å². The maximum Gasteiger partial charge on any atom is 0.186 e. The molecule has 2 aromatic carbocycles. The molecular weight excluding hydrogens is 490 g/mol. The molecule has 3 nitrogen and oxygen atoms in total. The van der Waals surface area contributed by atoms with Crippen molar-refractivity contribution < 1.29 is 27.2 Å². The van der Waals surface area contributed by atoms with Gasteiger partial charge < -0.3 is 5.32 Å². The van der Waals surface area contributed by atoms with E-state index in [2.05, 4.69) is 27.8 Å². The Labute approximate surface area is 184 Å². The molecule has 0 saturated carbocycles. The van der Waals surface area contributed by atoms with E-state index in [1.807, 2.05) is 0 Å². The van der Waals surface area contributed by atoms with E-state index in [9.17, 15) is 27.2 Å². The molecule has 0 spiro atoms. The van der Waals surface area contributed by atoms with E-state index in [4.69, 9.17) is 11.6 Å². The summed E-state index contributed by atoms with van der Waals surface area (Å²) in [7, 11) is 0. The average Bonchev–Trinajstić information content (AvgIpc) is 2.70. The zero-order chi connectivity index (χ0) is 22.7. The van der Waals surface area contributed by atoms with Gasteiger partial charge >= 0.3 is 0 Å². The molecule has 0 aromatic heterocycles. The Morgan fingerprint density at radius 2 is 1.53 bits per heavy atom. The summed E-state index contributed by atoms with van der Waals surface area (Å²) in [5.74, 6) is -8.78. The molecule has 0 aliphatic carbocycles. The summed E-state index contributed by atoms with van der Waals surface area (Å²) in [5.41, 5.74) is -0.597. The fourth-order valence-electron chi connectivity index (χ4n) is 2.88.